The molecule has 1 saturated heterocycles. The summed E-state index contributed by atoms with van der Waals surface area (Å²) in [5.41, 5.74) is 5.22. The predicted molar refractivity (Wildman–Crippen MR) is 68.9 cm³/mol. The molecule has 0 saturated carbocycles. The van der Waals surface area contributed by atoms with Crippen LogP contribution in [0.4, 0.5) is 0 Å². The van der Waals surface area contributed by atoms with E-state index in [0.29, 0.717) is 5.01 Å². The molecule has 5 N–H and O–H groups in total. The second-order valence-corrected chi connectivity index (χ2v) is 5.32. The zero-order valence-electron chi connectivity index (χ0n) is 10.6. The van der Waals surface area contributed by atoms with Crippen LogP contribution in [0, 0.1) is 0 Å². The minimum atomic E-state index is -1.06. The molecule has 1 aliphatic heterocycles. The summed E-state index contributed by atoms with van der Waals surface area (Å²) >= 11 is 1.14. The van der Waals surface area contributed by atoms with Gasteiger partial charge < -0.3 is 26.0 Å². The van der Waals surface area contributed by atoms with E-state index < -0.39 is 30.3 Å². The van der Waals surface area contributed by atoms with E-state index in [4.69, 9.17) is 15.6 Å². The molecule has 0 bridgehead atoms. The molecule has 0 aromatic carbocycles. The Morgan fingerprint density at radius 3 is 2.80 bits per heavy atom. The van der Waals surface area contributed by atoms with Crippen LogP contribution in [-0.2, 0) is 9.53 Å². The Hall–Kier alpha value is -1.55. The number of hydrogen-bond acceptors (Lipinski definition) is 7. The number of rotatable bonds is 4. The summed E-state index contributed by atoms with van der Waals surface area (Å²) in [6, 6.07) is -0.739. The summed E-state index contributed by atoms with van der Waals surface area (Å²) < 4.78 is 5.50. The Kier molecular flexibility index (Phi) is 4.33. The van der Waals surface area contributed by atoms with E-state index in [1.165, 1.54) is 12.3 Å². The summed E-state index contributed by atoms with van der Waals surface area (Å²) in [6.07, 6.45) is -2.61. The van der Waals surface area contributed by atoms with Crippen molar-refractivity contribution in [3.63, 3.8) is 0 Å². The summed E-state index contributed by atoms with van der Waals surface area (Å²) in [4.78, 5) is 26.3. The zero-order valence-corrected chi connectivity index (χ0v) is 11.5. The minimum absolute atomic E-state index is 0.0945. The normalized spacial score (nSPS) is 29.4. The van der Waals surface area contributed by atoms with Crippen molar-refractivity contribution in [2.24, 2.45) is 5.73 Å². The zero-order chi connectivity index (χ0) is 14.9. The number of nitrogens with zero attached hydrogens (tertiary/aromatic N) is 1. The molecule has 1 aromatic heterocycles. The molecule has 0 aliphatic carbocycles. The first kappa shape index (κ1) is 14.9. The number of aromatic nitrogens is 1. The van der Waals surface area contributed by atoms with Crippen molar-refractivity contribution in [1.82, 2.24) is 10.3 Å². The highest BCUT2D eigenvalue weighted by Crippen LogP contribution is 2.35. The monoisotopic (exact) mass is 301 g/mol. The third-order valence-electron chi connectivity index (χ3n) is 2.96. The number of carbonyl (C=O) groups is 2. The van der Waals surface area contributed by atoms with Gasteiger partial charge in [-0.3, -0.25) is 9.59 Å². The molecule has 1 aromatic rings. The lowest BCUT2D eigenvalue weighted by molar-refractivity contribution is -0.120. The lowest BCUT2D eigenvalue weighted by Gasteiger charge is -2.19. The predicted octanol–water partition coefficient (Wildman–Crippen LogP) is -1.46. The molecule has 110 valence electrons. The van der Waals surface area contributed by atoms with Crippen molar-refractivity contribution in [1.29, 1.82) is 0 Å². The summed E-state index contributed by atoms with van der Waals surface area (Å²) in [7, 11) is 0. The second-order valence-electron chi connectivity index (χ2n) is 4.43. The molecule has 20 heavy (non-hydrogen) atoms. The lowest BCUT2D eigenvalue weighted by Crippen LogP contribution is -2.45. The second kappa shape index (κ2) is 5.83. The largest absolute Gasteiger partial charge is 0.394 e. The molecule has 8 nitrogen and oxygen atoms in total. The van der Waals surface area contributed by atoms with Gasteiger partial charge in [0.15, 0.2) is 0 Å². The number of hydrogen-bond donors (Lipinski definition) is 4. The van der Waals surface area contributed by atoms with Crippen LogP contribution in [0.5, 0.6) is 0 Å². The van der Waals surface area contributed by atoms with Gasteiger partial charge >= 0.3 is 0 Å². The molecule has 9 heteroatoms. The average molecular weight is 301 g/mol. The Labute approximate surface area is 118 Å². The van der Waals surface area contributed by atoms with Crippen molar-refractivity contribution in [3.8, 4) is 0 Å². The Balaban J connectivity index is 2.26. The Morgan fingerprint density at radius 2 is 2.30 bits per heavy atom. The van der Waals surface area contributed by atoms with Crippen molar-refractivity contribution < 1.29 is 24.5 Å². The fourth-order valence-electron chi connectivity index (χ4n) is 2.05. The number of carbonyl (C=O) groups excluding carboxylic acids is 2. The molecule has 1 aliphatic rings. The number of aliphatic hydroxyl groups is 2. The number of ether oxygens (including phenoxy) is 1. The quantitative estimate of drug-likeness (QED) is 0.537. The highest BCUT2D eigenvalue weighted by atomic mass is 32.1. The van der Waals surface area contributed by atoms with Gasteiger partial charge in [0.05, 0.1) is 12.6 Å². The third-order valence-corrected chi connectivity index (χ3v) is 3.87. The highest BCUT2D eigenvalue weighted by Gasteiger charge is 2.45. The van der Waals surface area contributed by atoms with Crippen LogP contribution in [0.2, 0.25) is 0 Å². The number of nitrogens with one attached hydrogen (secondary N) is 1. The number of thiazole rings is 1. The SMILES string of the molecule is CC(=O)N[C@@H]1[C@H](O)[C@@H](CO)O[C@H]1c1nc(C(N)=O)cs1. The van der Waals surface area contributed by atoms with Gasteiger partial charge in [-0.25, -0.2) is 4.98 Å². The van der Waals surface area contributed by atoms with Crippen LogP contribution in [0.15, 0.2) is 5.38 Å². The van der Waals surface area contributed by atoms with Crippen molar-refractivity contribution in [2.45, 2.75) is 31.3 Å². The molecule has 2 heterocycles. The number of aliphatic hydroxyl groups excluding tert-OH is 2. The maximum Gasteiger partial charge on any atom is 0.268 e. The standard InChI is InChI=1S/C11H15N3O5S/c1-4(16)13-7-8(17)6(2-15)19-9(7)11-14-5(3-20-11)10(12)18/h3,6-9,15,17H,2H2,1H3,(H2,12,18)(H,13,16)/t6-,7-,8-,9-/m1/s1. The Morgan fingerprint density at radius 1 is 1.60 bits per heavy atom. The fraction of sp³-hybridized carbons (Fsp3) is 0.545. The van der Waals surface area contributed by atoms with Crippen LogP contribution < -0.4 is 11.1 Å². The van der Waals surface area contributed by atoms with Gasteiger partial charge in [0, 0.05) is 12.3 Å². The summed E-state index contributed by atoms with van der Waals surface area (Å²) in [5, 5.41) is 23.6. The van der Waals surface area contributed by atoms with E-state index in [2.05, 4.69) is 10.3 Å². The van der Waals surface area contributed by atoms with Gasteiger partial charge in [-0.15, -0.1) is 11.3 Å². The maximum atomic E-state index is 11.2. The average Bonchev–Trinajstić information content (AvgIpc) is 2.96. The van der Waals surface area contributed by atoms with E-state index >= 15 is 0 Å². The van der Waals surface area contributed by atoms with E-state index in [0.717, 1.165) is 11.3 Å². The smallest absolute Gasteiger partial charge is 0.268 e. The van der Waals surface area contributed by atoms with E-state index in [-0.39, 0.29) is 18.2 Å². The third kappa shape index (κ3) is 2.80. The number of nitrogens with two attached hydrogens (primary N) is 1. The van der Waals surface area contributed by atoms with Crippen molar-refractivity contribution in [3.05, 3.63) is 16.1 Å². The molecule has 4 atom stereocenters. The number of primary amides is 1. The molecular weight excluding hydrogens is 286 g/mol. The molecule has 1 fully saturated rings. The first-order valence-corrected chi connectivity index (χ1v) is 6.78. The van der Waals surface area contributed by atoms with Gasteiger partial charge in [0.25, 0.3) is 5.91 Å². The maximum absolute atomic E-state index is 11.2. The molecule has 2 amide bonds. The number of amides is 2. The van der Waals surface area contributed by atoms with Gasteiger partial charge in [0.1, 0.15) is 29.0 Å². The van der Waals surface area contributed by atoms with Gasteiger partial charge in [-0.05, 0) is 0 Å². The van der Waals surface area contributed by atoms with Gasteiger partial charge in [-0.2, -0.15) is 0 Å². The molecule has 2 rings (SSSR count). The van der Waals surface area contributed by atoms with E-state index in [1.807, 2.05) is 0 Å². The fourth-order valence-corrected chi connectivity index (χ4v) is 2.94. The first-order chi connectivity index (χ1) is 9.43. The van der Waals surface area contributed by atoms with Crippen LogP contribution in [0.3, 0.4) is 0 Å². The van der Waals surface area contributed by atoms with Gasteiger partial charge in [-0.1, -0.05) is 0 Å². The van der Waals surface area contributed by atoms with E-state index in [1.54, 1.807) is 0 Å². The van der Waals surface area contributed by atoms with Crippen LogP contribution >= 0.6 is 11.3 Å². The molecular formula is C11H15N3O5S. The van der Waals surface area contributed by atoms with Crippen molar-refractivity contribution in [2.75, 3.05) is 6.61 Å². The van der Waals surface area contributed by atoms with Crippen LogP contribution in [0.1, 0.15) is 28.5 Å². The molecule has 0 radical (unpaired) electrons. The molecule has 0 unspecified atom stereocenters. The van der Waals surface area contributed by atoms with E-state index in [9.17, 15) is 14.7 Å². The van der Waals surface area contributed by atoms with Crippen LogP contribution in [-0.4, -0.2) is 51.9 Å². The topological polar surface area (TPSA) is 135 Å². The Bertz CT molecular complexity index is 520. The highest BCUT2D eigenvalue weighted by molar-refractivity contribution is 7.09. The lowest BCUT2D eigenvalue weighted by atomic mass is 10.1. The van der Waals surface area contributed by atoms with Crippen molar-refractivity contribution >= 4 is 23.2 Å². The van der Waals surface area contributed by atoms with Gasteiger partial charge in [0.2, 0.25) is 5.91 Å². The summed E-state index contributed by atoms with van der Waals surface area (Å²) in [5.74, 6) is -1.01. The summed E-state index contributed by atoms with van der Waals surface area (Å²) in [6.45, 7) is 0.925. The molecule has 0 spiro atoms. The van der Waals surface area contributed by atoms with Crippen LogP contribution in [0.25, 0.3) is 0 Å². The minimum Gasteiger partial charge on any atom is -0.394 e. The first-order valence-electron chi connectivity index (χ1n) is 5.90.